The van der Waals surface area contributed by atoms with Gasteiger partial charge in [-0.1, -0.05) is 35.5 Å². The van der Waals surface area contributed by atoms with E-state index in [0.717, 1.165) is 27.2 Å². The molecular weight excluding hydrogens is 466 g/mol. The molecule has 5 nitrogen and oxygen atoms in total. The maximum absolute atomic E-state index is 12.7. The molecule has 0 bridgehead atoms. The number of benzene rings is 2. The maximum atomic E-state index is 12.7. The summed E-state index contributed by atoms with van der Waals surface area (Å²) in [6, 6.07) is 16.3. The van der Waals surface area contributed by atoms with Gasteiger partial charge in [0, 0.05) is 47.0 Å². The number of pyridine rings is 1. The van der Waals surface area contributed by atoms with Gasteiger partial charge in [-0.2, -0.15) is 0 Å². The number of aryl methyl sites for hydroxylation is 1. The standard InChI is InChI=1S/C27H28ClN3O2S/c1-18(32)17-27(2,3)29-25(33)12-14-31-22-7-5-6-8-24(22)34-26(31)15-19-11-13-30(4)23-16-20(28)9-10-21(19)23/h5-11,13,15-16H,12,14,17H2,1-4H3/p+1. The number of aromatic nitrogens is 1. The van der Waals surface area contributed by atoms with Crippen LogP contribution < -0.4 is 14.8 Å². The van der Waals surface area contributed by atoms with Crippen molar-refractivity contribution in [3.63, 3.8) is 0 Å². The molecule has 2 aromatic carbocycles. The van der Waals surface area contributed by atoms with Crippen LogP contribution in [0.2, 0.25) is 5.02 Å². The highest BCUT2D eigenvalue weighted by Gasteiger charge is 2.27. The number of halogens is 1. The average Bonchev–Trinajstić information content (AvgIpc) is 3.10. The molecule has 0 saturated heterocycles. The Kier molecular flexibility index (Phi) is 7.01. The van der Waals surface area contributed by atoms with Crippen LogP contribution >= 0.6 is 23.4 Å². The van der Waals surface area contributed by atoms with Gasteiger partial charge in [0.2, 0.25) is 11.4 Å². The van der Waals surface area contributed by atoms with Crippen molar-refractivity contribution < 1.29 is 14.2 Å². The number of ketones is 1. The Balaban J connectivity index is 1.61. The lowest BCUT2D eigenvalue weighted by Gasteiger charge is -2.26. The van der Waals surface area contributed by atoms with E-state index in [2.05, 4.69) is 39.1 Å². The highest BCUT2D eigenvalue weighted by molar-refractivity contribution is 8.03. The Morgan fingerprint density at radius 2 is 1.94 bits per heavy atom. The zero-order valence-corrected chi connectivity index (χ0v) is 21.5. The van der Waals surface area contributed by atoms with Gasteiger partial charge in [0.25, 0.3) is 0 Å². The van der Waals surface area contributed by atoms with E-state index in [9.17, 15) is 9.59 Å². The second kappa shape index (κ2) is 9.80. The second-order valence-corrected chi connectivity index (χ2v) is 10.8. The molecule has 3 aromatic rings. The molecule has 176 valence electrons. The SMILES string of the molecule is CC(=O)CC(C)(C)NC(=O)CCN1C(=Cc2cc[n+](C)c3cc(Cl)ccc23)Sc2ccccc21. The van der Waals surface area contributed by atoms with Crippen LogP contribution in [0.5, 0.6) is 0 Å². The van der Waals surface area contributed by atoms with Crippen LogP contribution in [0.1, 0.15) is 39.2 Å². The lowest BCUT2D eigenvalue weighted by atomic mass is 9.98. The Hall–Kier alpha value is -2.83. The predicted molar refractivity (Wildman–Crippen MR) is 140 cm³/mol. The molecule has 1 amide bonds. The van der Waals surface area contributed by atoms with Crippen molar-refractivity contribution in [2.24, 2.45) is 7.05 Å². The predicted octanol–water partition coefficient (Wildman–Crippen LogP) is 5.49. The quantitative estimate of drug-likeness (QED) is 0.441. The first-order chi connectivity index (χ1) is 16.1. The van der Waals surface area contributed by atoms with Gasteiger partial charge < -0.3 is 10.2 Å². The fourth-order valence-corrected chi connectivity index (χ4v) is 5.68. The van der Waals surface area contributed by atoms with Crippen LogP contribution in [-0.4, -0.2) is 23.8 Å². The first-order valence-electron chi connectivity index (χ1n) is 11.3. The summed E-state index contributed by atoms with van der Waals surface area (Å²) in [5, 5.41) is 5.90. The van der Waals surface area contributed by atoms with Gasteiger partial charge in [0.15, 0.2) is 6.20 Å². The van der Waals surface area contributed by atoms with E-state index in [1.165, 1.54) is 4.90 Å². The molecule has 1 aromatic heterocycles. The minimum Gasteiger partial charge on any atom is -0.351 e. The van der Waals surface area contributed by atoms with Crippen molar-refractivity contribution in [1.82, 2.24) is 5.32 Å². The highest BCUT2D eigenvalue weighted by atomic mass is 35.5. The van der Waals surface area contributed by atoms with E-state index in [0.29, 0.717) is 24.4 Å². The van der Waals surface area contributed by atoms with Gasteiger partial charge in [0.1, 0.15) is 12.8 Å². The number of nitrogens with zero attached hydrogens (tertiary/aromatic N) is 2. The van der Waals surface area contributed by atoms with Crippen molar-refractivity contribution >= 4 is 57.7 Å². The number of Topliss-reactive ketones (excluding diaryl/α,β-unsaturated/α-hetero) is 1. The van der Waals surface area contributed by atoms with Crippen molar-refractivity contribution in [2.75, 3.05) is 11.4 Å². The van der Waals surface area contributed by atoms with Crippen molar-refractivity contribution in [2.45, 2.75) is 44.0 Å². The van der Waals surface area contributed by atoms with Crippen LogP contribution in [0.15, 0.2) is 64.7 Å². The summed E-state index contributed by atoms with van der Waals surface area (Å²) in [7, 11) is 2.01. The summed E-state index contributed by atoms with van der Waals surface area (Å²) in [5.74, 6) is -0.00280. The lowest BCUT2D eigenvalue weighted by molar-refractivity contribution is -0.644. The fourth-order valence-electron chi connectivity index (χ4n) is 4.37. The Morgan fingerprint density at radius 3 is 2.71 bits per heavy atom. The Morgan fingerprint density at radius 1 is 1.18 bits per heavy atom. The molecule has 0 unspecified atom stereocenters. The lowest BCUT2D eigenvalue weighted by Crippen LogP contribution is -2.45. The molecule has 0 aliphatic carbocycles. The number of thioether (sulfide) groups is 1. The topological polar surface area (TPSA) is 53.3 Å². The van der Waals surface area contributed by atoms with Crippen molar-refractivity contribution in [3.05, 3.63) is 70.3 Å². The van der Waals surface area contributed by atoms with E-state index in [1.807, 2.05) is 57.4 Å². The third-order valence-electron chi connectivity index (χ3n) is 5.78. The number of rotatable bonds is 7. The minimum absolute atomic E-state index is 0.0603. The molecule has 1 aliphatic rings. The van der Waals surface area contributed by atoms with Crippen LogP contribution in [0, 0.1) is 0 Å². The van der Waals surface area contributed by atoms with E-state index < -0.39 is 5.54 Å². The number of carbonyl (C=O) groups excluding carboxylic acids is 2. The van der Waals surface area contributed by atoms with Crippen LogP contribution in [0.3, 0.4) is 0 Å². The van der Waals surface area contributed by atoms with Crippen LogP contribution in [0.25, 0.3) is 17.0 Å². The minimum atomic E-state index is -0.557. The number of amides is 1. The third-order valence-corrected chi connectivity index (χ3v) is 7.12. The monoisotopic (exact) mass is 494 g/mol. The Labute approximate surface area is 209 Å². The number of carbonyl (C=O) groups is 2. The van der Waals surface area contributed by atoms with Crippen LogP contribution in [0.4, 0.5) is 5.69 Å². The van der Waals surface area contributed by atoms with E-state index >= 15 is 0 Å². The van der Waals surface area contributed by atoms with Gasteiger partial charge in [0.05, 0.1) is 16.1 Å². The molecule has 0 atom stereocenters. The van der Waals surface area contributed by atoms with Gasteiger partial charge in [-0.05, 0) is 56.7 Å². The highest BCUT2D eigenvalue weighted by Crippen LogP contribution is 2.46. The van der Waals surface area contributed by atoms with E-state index in [-0.39, 0.29) is 11.7 Å². The van der Waals surface area contributed by atoms with Gasteiger partial charge in [-0.3, -0.25) is 9.59 Å². The summed E-state index contributed by atoms with van der Waals surface area (Å²) in [6.07, 6.45) is 4.85. The number of para-hydroxylation sites is 1. The zero-order valence-electron chi connectivity index (χ0n) is 19.9. The molecule has 34 heavy (non-hydrogen) atoms. The number of hydrogen-bond acceptors (Lipinski definition) is 4. The smallest absolute Gasteiger partial charge is 0.222 e. The normalized spacial score (nSPS) is 14.5. The first-order valence-corrected chi connectivity index (χ1v) is 12.5. The average molecular weight is 495 g/mol. The summed E-state index contributed by atoms with van der Waals surface area (Å²) >= 11 is 7.95. The fraction of sp³-hybridized carbons (Fsp3) is 0.296. The largest absolute Gasteiger partial charge is 0.351 e. The van der Waals surface area contributed by atoms with Crippen LogP contribution in [-0.2, 0) is 16.6 Å². The van der Waals surface area contributed by atoms with Crippen molar-refractivity contribution in [3.8, 4) is 0 Å². The molecule has 4 rings (SSSR count). The second-order valence-electron chi connectivity index (χ2n) is 9.31. The Bertz CT molecular complexity index is 1300. The molecule has 0 saturated carbocycles. The molecule has 1 N–H and O–H groups in total. The third kappa shape index (κ3) is 5.45. The summed E-state index contributed by atoms with van der Waals surface area (Å²) in [4.78, 5) is 27.6. The molecular formula is C27H29ClN3O2S+. The van der Waals surface area contributed by atoms with E-state index in [1.54, 1.807) is 18.7 Å². The number of anilines is 1. The van der Waals surface area contributed by atoms with E-state index in [4.69, 9.17) is 11.6 Å². The van der Waals surface area contributed by atoms with Crippen molar-refractivity contribution in [1.29, 1.82) is 0 Å². The molecule has 2 heterocycles. The number of hydrogen-bond donors (Lipinski definition) is 1. The summed E-state index contributed by atoms with van der Waals surface area (Å²) in [6.45, 7) is 5.85. The maximum Gasteiger partial charge on any atom is 0.222 e. The summed E-state index contributed by atoms with van der Waals surface area (Å²) in [5.41, 5.74) is 2.69. The van der Waals surface area contributed by atoms with Gasteiger partial charge in [-0.15, -0.1) is 0 Å². The number of fused-ring (bicyclic) bond motifs is 2. The van der Waals surface area contributed by atoms with Gasteiger partial charge >= 0.3 is 0 Å². The van der Waals surface area contributed by atoms with Gasteiger partial charge in [-0.25, -0.2) is 4.57 Å². The first kappa shape index (κ1) is 24.3. The molecule has 0 fully saturated rings. The molecule has 0 radical (unpaired) electrons. The molecule has 1 aliphatic heterocycles. The number of nitrogens with one attached hydrogen (secondary N) is 1. The summed E-state index contributed by atoms with van der Waals surface area (Å²) < 4.78 is 2.06. The molecule has 7 heteroatoms. The zero-order chi connectivity index (χ0) is 24.5. The molecule has 0 spiro atoms.